The topological polar surface area (TPSA) is 194 Å². The smallest absolute Gasteiger partial charge is 0.352 e. The number of aliphatic hydroxyl groups excluding tert-OH is 1. The summed E-state index contributed by atoms with van der Waals surface area (Å²) in [6, 6.07) is -1.04. The molecule has 0 aliphatic carbocycles. The van der Waals surface area contributed by atoms with Gasteiger partial charge in [-0.25, -0.2) is 14.6 Å². The lowest BCUT2D eigenvalue weighted by atomic mass is 10.0. The zero-order chi connectivity index (χ0) is 25.2. The molecule has 3 rings (SSSR count). The van der Waals surface area contributed by atoms with E-state index in [9.17, 15) is 29.4 Å². The Morgan fingerprint density at radius 2 is 2.09 bits per heavy atom. The summed E-state index contributed by atoms with van der Waals surface area (Å²) in [5, 5.41) is 26.0. The molecule has 1 aromatic rings. The predicted octanol–water partition coefficient (Wildman–Crippen LogP) is -0.481. The number of nitrogens with one attached hydrogen (secondary N) is 1. The number of thiazole rings is 1. The molecule has 5 N–H and O–H groups in total. The largest absolute Gasteiger partial charge is 0.477 e. The molecule has 2 atom stereocenters. The third kappa shape index (κ3) is 5.48. The number of β-lactam (4-membered cyclic amide) rings is 1. The number of aliphatic carboxylic acids is 1. The van der Waals surface area contributed by atoms with E-state index in [4.69, 9.17) is 15.3 Å². The van der Waals surface area contributed by atoms with Crippen LogP contribution in [-0.4, -0.2) is 85.5 Å². The van der Waals surface area contributed by atoms with Gasteiger partial charge < -0.3 is 30.8 Å². The van der Waals surface area contributed by atoms with E-state index in [2.05, 4.69) is 15.5 Å². The number of hydrogen-bond acceptors (Lipinski definition) is 12. The number of anilines is 1. The third-order valence-electron chi connectivity index (χ3n) is 4.47. The maximum absolute atomic E-state index is 13.0. The number of rotatable bonds is 8. The fourth-order valence-electron chi connectivity index (χ4n) is 3.14. The van der Waals surface area contributed by atoms with Gasteiger partial charge in [-0.3, -0.25) is 14.5 Å². The molecule has 184 valence electrons. The molecule has 0 radical (unpaired) electrons. The Hall–Kier alpha value is -3.17. The van der Waals surface area contributed by atoms with Gasteiger partial charge in [0.1, 0.15) is 28.4 Å². The van der Waals surface area contributed by atoms with Crippen LogP contribution in [0.5, 0.6) is 0 Å². The number of carboxylic acids is 1. The molecule has 1 saturated heterocycles. The van der Waals surface area contributed by atoms with Crippen LogP contribution in [0.3, 0.4) is 0 Å². The lowest BCUT2D eigenvalue weighted by Gasteiger charge is -2.49. The fraction of sp³-hybridized carbons (Fsp3) is 0.474. The number of fused-ring (bicyclic) bond motifs is 1. The number of carbonyl (C=O) groups excluding carboxylic acids is 3. The van der Waals surface area contributed by atoms with Gasteiger partial charge in [0.25, 0.3) is 11.8 Å². The molecule has 2 aliphatic heterocycles. The van der Waals surface area contributed by atoms with Crippen molar-refractivity contribution in [2.45, 2.75) is 37.8 Å². The molecule has 1 fully saturated rings. The first-order valence-electron chi connectivity index (χ1n) is 9.87. The molecule has 15 heteroatoms. The maximum Gasteiger partial charge on any atom is 0.352 e. The molecular weight excluding hydrogens is 490 g/mol. The summed E-state index contributed by atoms with van der Waals surface area (Å²) >= 11 is 2.25. The molecule has 0 unspecified atom stereocenters. The molecule has 13 nitrogen and oxygen atoms in total. The Bertz CT molecular complexity index is 1080. The number of aromatic nitrogens is 1. The van der Waals surface area contributed by atoms with Crippen LogP contribution in [0.15, 0.2) is 21.8 Å². The van der Waals surface area contributed by atoms with E-state index < -0.39 is 54.0 Å². The number of esters is 1. The van der Waals surface area contributed by atoms with Crippen LogP contribution < -0.4 is 11.1 Å². The van der Waals surface area contributed by atoms with Crippen molar-refractivity contribution in [3.63, 3.8) is 0 Å². The van der Waals surface area contributed by atoms with Crippen LogP contribution in [0.2, 0.25) is 0 Å². The van der Waals surface area contributed by atoms with Gasteiger partial charge in [0.2, 0.25) is 6.61 Å². The van der Waals surface area contributed by atoms with Crippen molar-refractivity contribution in [1.82, 2.24) is 15.2 Å². The van der Waals surface area contributed by atoms with Crippen LogP contribution in [-0.2, 0) is 28.8 Å². The lowest BCUT2D eigenvalue weighted by molar-refractivity contribution is -0.160. The highest BCUT2D eigenvalue weighted by Crippen LogP contribution is 2.40. The molecule has 0 bridgehead atoms. The van der Waals surface area contributed by atoms with E-state index in [0.29, 0.717) is 0 Å². The van der Waals surface area contributed by atoms with Gasteiger partial charge in [0, 0.05) is 11.1 Å². The number of oxime groups is 1. The van der Waals surface area contributed by atoms with Crippen LogP contribution >= 0.6 is 23.1 Å². The first-order valence-corrected chi connectivity index (χ1v) is 11.8. The van der Waals surface area contributed by atoms with E-state index in [-0.39, 0.29) is 33.6 Å². The van der Waals surface area contributed by atoms with Crippen molar-refractivity contribution in [3.05, 3.63) is 22.3 Å². The van der Waals surface area contributed by atoms with Crippen molar-refractivity contribution in [2.75, 3.05) is 24.7 Å². The summed E-state index contributed by atoms with van der Waals surface area (Å²) in [4.78, 5) is 59.1. The molecule has 2 aliphatic rings. The average Bonchev–Trinajstić information content (AvgIpc) is 3.18. The first kappa shape index (κ1) is 25.5. The highest BCUT2D eigenvalue weighted by atomic mass is 32.2. The second-order valence-electron chi connectivity index (χ2n) is 8.15. The molecule has 0 spiro atoms. The van der Waals surface area contributed by atoms with Crippen LogP contribution in [0, 0.1) is 0 Å². The van der Waals surface area contributed by atoms with Crippen molar-refractivity contribution in [2.24, 2.45) is 5.16 Å². The number of nitrogen functional groups attached to an aromatic ring is 1. The predicted molar refractivity (Wildman–Crippen MR) is 122 cm³/mol. The standard InChI is InChI=1S/C19H23N5O8S2/c1-19(2,3)32-10(26)5-31-23-11(9-7-34-18(20)21-9)14(27)22-12-15(28)24-13(17(29)30)8(4-25)6-33-16(12)24/h7,12,16,25H,4-6H2,1-3H3,(H2,20,21)(H,22,27)(H,29,30)/b23-11-/t12-,16+/m1/s1. The molecule has 1 aromatic heterocycles. The van der Waals surface area contributed by atoms with Crippen LogP contribution in [0.1, 0.15) is 26.5 Å². The van der Waals surface area contributed by atoms with Crippen molar-refractivity contribution >= 4 is 57.7 Å². The van der Waals surface area contributed by atoms with Gasteiger partial charge in [0.05, 0.1) is 6.61 Å². The van der Waals surface area contributed by atoms with Crippen molar-refractivity contribution in [1.29, 1.82) is 0 Å². The number of amides is 2. The van der Waals surface area contributed by atoms with Gasteiger partial charge >= 0.3 is 11.9 Å². The van der Waals surface area contributed by atoms with E-state index in [1.807, 2.05) is 0 Å². The molecular formula is C19H23N5O8S2. The molecule has 0 saturated carbocycles. The summed E-state index contributed by atoms with van der Waals surface area (Å²) in [6.45, 7) is 3.98. The van der Waals surface area contributed by atoms with E-state index in [1.165, 1.54) is 17.1 Å². The summed E-state index contributed by atoms with van der Waals surface area (Å²) in [5.41, 5.74) is 4.57. The number of carboxylic acid groups (broad SMARTS) is 1. The Labute approximate surface area is 202 Å². The van der Waals surface area contributed by atoms with Gasteiger partial charge in [-0.2, -0.15) is 0 Å². The number of carbonyl (C=O) groups is 4. The van der Waals surface area contributed by atoms with Crippen LogP contribution in [0.25, 0.3) is 0 Å². The maximum atomic E-state index is 13.0. The first-order chi connectivity index (χ1) is 15.9. The quantitative estimate of drug-likeness (QED) is 0.152. The minimum absolute atomic E-state index is 0.0674. The molecule has 34 heavy (non-hydrogen) atoms. The van der Waals surface area contributed by atoms with Gasteiger partial charge in [-0.15, -0.1) is 23.1 Å². The van der Waals surface area contributed by atoms with E-state index >= 15 is 0 Å². The normalized spacial score (nSPS) is 20.4. The Morgan fingerprint density at radius 1 is 1.38 bits per heavy atom. The Balaban J connectivity index is 1.74. The number of aliphatic hydroxyl groups is 1. The second-order valence-corrected chi connectivity index (χ2v) is 10.1. The van der Waals surface area contributed by atoms with Gasteiger partial charge in [-0.1, -0.05) is 5.16 Å². The van der Waals surface area contributed by atoms with Gasteiger partial charge in [-0.05, 0) is 26.3 Å². The summed E-state index contributed by atoms with van der Waals surface area (Å²) < 4.78 is 5.11. The fourth-order valence-corrected chi connectivity index (χ4v) is 5.02. The number of hydrogen-bond donors (Lipinski definition) is 4. The number of nitrogens with two attached hydrogens (primary N) is 1. The van der Waals surface area contributed by atoms with Crippen molar-refractivity contribution in [3.8, 4) is 0 Å². The third-order valence-corrected chi connectivity index (χ3v) is 6.48. The number of thioether (sulfide) groups is 1. The molecule has 0 aromatic carbocycles. The highest BCUT2D eigenvalue weighted by molar-refractivity contribution is 8.00. The molecule has 2 amide bonds. The number of nitrogens with zero attached hydrogens (tertiary/aromatic N) is 3. The van der Waals surface area contributed by atoms with E-state index in [1.54, 1.807) is 20.8 Å². The SMILES string of the molecule is CC(C)(C)OC(=O)CO/N=C(\C(=O)N[C@@H]1C(=O)N2C(C(=O)O)=C(CO)CS[C@@H]12)c1csc(N)n1. The second kappa shape index (κ2) is 9.99. The van der Waals surface area contributed by atoms with E-state index in [0.717, 1.165) is 16.2 Å². The zero-order valence-corrected chi connectivity index (χ0v) is 20.1. The minimum atomic E-state index is -1.34. The highest BCUT2D eigenvalue weighted by Gasteiger charge is 2.54. The molecule has 3 heterocycles. The van der Waals surface area contributed by atoms with Gasteiger partial charge in [0.15, 0.2) is 10.8 Å². The minimum Gasteiger partial charge on any atom is -0.477 e. The van der Waals surface area contributed by atoms with Crippen molar-refractivity contribution < 1.29 is 39.0 Å². The Kier molecular flexibility index (Phi) is 7.48. The van der Waals surface area contributed by atoms with Crippen LogP contribution in [0.4, 0.5) is 5.13 Å². The summed E-state index contributed by atoms with van der Waals surface area (Å²) in [6.07, 6.45) is 0. The summed E-state index contributed by atoms with van der Waals surface area (Å²) in [7, 11) is 0. The number of ether oxygens (including phenoxy) is 1. The monoisotopic (exact) mass is 513 g/mol. The average molecular weight is 514 g/mol. The summed E-state index contributed by atoms with van der Waals surface area (Å²) in [5.74, 6) is -3.35. The Morgan fingerprint density at radius 3 is 2.65 bits per heavy atom. The zero-order valence-electron chi connectivity index (χ0n) is 18.4. The lowest BCUT2D eigenvalue weighted by Crippen LogP contribution is -2.71.